The van der Waals surface area contributed by atoms with Crippen LogP contribution in [0.1, 0.15) is 48.5 Å². The minimum Gasteiger partial charge on any atom is -0.494 e. The van der Waals surface area contributed by atoms with Gasteiger partial charge in [-0.15, -0.1) is 0 Å². The van der Waals surface area contributed by atoms with Gasteiger partial charge in [0.1, 0.15) is 11.5 Å². The average molecular weight is 425 g/mol. The maximum absolute atomic E-state index is 12.7. The van der Waals surface area contributed by atoms with E-state index in [1.165, 1.54) is 5.56 Å². The lowest BCUT2D eigenvalue weighted by molar-refractivity contribution is -0.122. The highest BCUT2D eigenvalue weighted by molar-refractivity contribution is 5.94. The number of rotatable bonds is 9. The topological polar surface area (TPSA) is 67.9 Å². The van der Waals surface area contributed by atoms with Crippen molar-refractivity contribution in [1.29, 1.82) is 0 Å². The van der Waals surface area contributed by atoms with E-state index in [1.54, 1.807) is 12.1 Å². The van der Waals surface area contributed by atoms with Crippen LogP contribution in [0.5, 0.6) is 11.5 Å². The largest absolute Gasteiger partial charge is 0.494 e. The van der Waals surface area contributed by atoms with Gasteiger partial charge in [0.2, 0.25) is 5.91 Å². The van der Waals surface area contributed by atoms with Crippen LogP contribution in [0.2, 0.25) is 0 Å². The number of carbonyl (C=O) groups excluding carboxylic acids is 2. The number of amides is 2. The quantitative estimate of drug-likeness (QED) is 0.619. The van der Waals surface area contributed by atoms with Gasteiger partial charge >= 0.3 is 0 Å². The van der Waals surface area contributed by atoms with Gasteiger partial charge in [-0.1, -0.05) is 17.7 Å². The molecule has 1 heterocycles. The zero-order valence-corrected chi connectivity index (χ0v) is 18.4. The van der Waals surface area contributed by atoms with Gasteiger partial charge in [0.25, 0.3) is 5.91 Å². The Bertz CT molecular complexity index is 841. The number of aryl methyl sites for hydroxylation is 1. The maximum Gasteiger partial charge on any atom is 0.253 e. The van der Waals surface area contributed by atoms with Crippen LogP contribution in [-0.4, -0.2) is 49.1 Å². The Labute approximate surface area is 184 Å². The number of ether oxygens (including phenoxy) is 2. The molecular formula is C25H32N2O4. The predicted octanol–water partition coefficient (Wildman–Crippen LogP) is 3.97. The smallest absolute Gasteiger partial charge is 0.253 e. The maximum atomic E-state index is 12.7. The first-order chi connectivity index (χ1) is 15.0. The molecule has 0 spiro atoms. The van der Waals surface area contributed by atoms with E-state index in [4.69, 9.17) is 9.47 Å². The highest BCUT2D eigenvalue weighted by Gasteiger charge is 2.24. The minimum absolute atomic E-state index is 0.0288. The van der Waals surface area contributed by atoms with E-state index < -0.39 is 0 Å². The van der Waals surface area contributed by atoms with Crippen molar-refractivity contribution in [3.8, 4) is 11.5 Å². The first-order valence-corrected chi connectivity index (χ1v) is 11.1. The van der Waals surface area contributed by atoms with Crippen molar-refractivity contribution in [2.75, 3.05) is 26.3 Å². The van der Waals surface area contributed by atoms with Gasteiger partial charge in [-0.25, -0.2) is 0 Å². The van der Waals surface area contributed by atoms with Gasteiger partial charge in [0.05, 0.1) is 13.2 Å². The Morgan fingerprint density at radius 2 is 1.58 bits per heavy atom. The molecule has 1 saturated heterocycles. The van der Waals surface area contributed by atoms with Crippen LogP contribution in [0, 0.1) is 6.92 Å². The molecule has 0 bridgehead atoms. The second-order valence-corrected chi connectivity index (χ2v) is 7.86. The molecule has 2 aromatic rings. The van der Waals surface area contributed by atoms with Crippen LogP contribution in [0.25, 0.3) is 0 Å². The van der Waals surface area contributed by atoms with Crippen LogP contribution in [0.3, 0.4) is 0 Å². The van der Waals surface area contributed by atoms with E-state index in [-0.39, 0.29) is 17.9 Å². The third-order valence-corrected chi connectivity index (χ3v) is 5.40. The number of hydrogen-bond acceptors (Lipinski definition) is 4. The fraction of sp³-hybridized carbons (Fsp3) is 0.440. The average Bonchev–Trinajstić information content (AvgIpc) is 2.79. The summed E-state index contributed by atoms with van der Waals surface area (Å²) in [6.07, 6.45) is 2.66. The van der Waals surface area contributed by atoms with Crippen LogP contribution in [-0.2, 0) is 4.79 Å². The number of hydrogen-bond donors (Lipinski definition) is 1. The fourth-order valence-electron chi connectivity index (χ4n) is 3.63. The molecule has 6 nitrogen and oxygen atoms in total. The van der Waals surface area contributed by atoms with Crippen molar-refractivity contribution in [1.82, 2.24) is 10.2 Å². The summed E-state index contributed by atoms with van der Waals surface area (Å²) in [5.74, 6) is 1.67. The molecule has 0 aromatic heterocycles. The SMILES string of the molecule is CCOc1ccc(C(=O)N2CCC(NC(=O)CCCOc3ccc(C)cc3)CC2)cc1. The second kappa shape index (κ2) is 11.4. The van der Waals surface area contributed by atoms with Crippen molar-refractivity contribution in [3.63, 3.8) is 0 Å². The molecule has 1 aliphatic rings. The summed E-state index contributed by atoms with van der Waals surface area (Å²) in [4.78, 5) is 26.8. The molecule has 31 heavy (non-hydrogen) atoms. The predicted molar refractivity (Wildman–Crippen MR) is 121 cm³/mol. The van der Waals surface area contributed by atoms with Crippen LogP contribution in [0.15, 0.2) is 48.5 Å². The molecule has 0 radical (unpaired) electrons. The molecule has 1 fully saturated rings. The number of nitrogens with zero attached hydrogens (tertiary/aromatic N) is 1. The lowest BCUT2D eigenvalue weighted by Gasteiger charge is -2.32. The lowest BCUT2D eigenvalue weighted by Crippen LogP contribution is -2.46. The molecule has 3 rings (SSSR count). The fourth-order valence-corrected chi connectivity index (χ4v) is 3.63. The molecule has 166 valence electrons. The summed E-state index contributed by atoms with van der Waals surface area (Å²) in [5.41, 5.74) is 1.86. The number of likely N-dealkylation sites (tertiary alicyclic amines) is 1. The third-order valence-electron chi connectivity index (χ3n) is 5.40. The van der Waals surface area contributed by atoms with E-state index in [0.717, 1.165) is 24.3 Å². The highest BCUT2D eigenvalue weighted by Crippen LogP contribution is 2.17. The summed E-state index contributed by atoms with van der Waals surface area (Å²) in [5, 5.41) is 3.10. The van der Waals surface area contributed by atoms with Crippen LogP contribution in [0.4, 0.5) is 0 Å². The zero-order chi connectivity index (χ0) is 22.1. The van der Waals surface area contributed by atoms with E-state index in [2.05, 4.69) is 5.32 Å². The molecule has 0 aliphatic carbocycles. The first-order valence-electron chi connectivity index (χ1n) is 11.1. The number of benzene rings is 2. The molecule has 0 saturated carbocycles. The molecule has 2 amide bonds. The summed E-state index contributed by atoms with van der Waals surface area (Å²) in [6, 6.07) is 15.3. The Hall–Kier alpha value is -3.02. The van der Waals surface area contributed by atoms with E-state index in [9.17, 15) is 9.59 Å². The molecule has 0 atom stereocenters. The van der Waals surface area contributed by atoms with Crippen molar-refractivity contribution >= 4 is 11.8 Å². The van der Waals surface area contributed by atoms with Crippen molar-refractivity contribution in [3.05, 3.63) is 59.7 Å². The summed E-state index contributed by atoms with van der Waals surface area (Å²) in [7, 11) is 0. The Balaban J connectivity index is 1.34. The third kappa shape index (κ3) is 7.02. The number of piperidine rings is 1. The summed E-state index contributed by atoms with van der Waals surface area (Å²) >= 11 is 0. The van der Waals surface area contributed by atoms with Gasteiger partial charge in [-0.05, 0) is 69.5 Å². The summed E-state index contributed by atoms with van der Waals surface area (Å²) in [6.45, 7) is 6.38. The zero-order valence-electron chi connectivity index (χ0n) is 18.4. The second-order valence-electron chi connectivity index (χ2n) is 7.86. The van der Waals surface area contributed by atoms with Gasteiger partial charge in [0.15, 0.2) is 0 Å². The molecule has 1 N–H and O–H groups in total. The number of nitrogens with one attached hydrogen (secondary N) is 1. The van der Waals surface area contributed by atoms with E-state index >= 15 is 0 Å². The van der Waals surface area contributed by atoms with E-state index in [0.29, 0.717) is 44.7 Å². The van der Waals surface area contributed by atoms with Crippen LogP contribution >= 0.6 is 0 Å². The molecule has 1 aliphatic heterocycles. The normalized spacial score (nSPS) is 14.2. The lowest BCUT2D eigenvalue weighted by atomic mass is 10.0. The van der Waals surface area contributed by atoms with Gasteiger partial charge < -0.3 is 19.7 Å². The Kier molecular flexibility index (Phi) is 8.33. The monoisotopic (exact) mass is 424 g/mol. The number of carbonyl (C=O) groups is 2. The van der Waals surface area contributed by atoms with Crippen molar-refractivity contribution in [2.24, 2.45) is 0 Å². The van der Waals surface area contributed by atoms with Gasteiger partial charge in [-0.3, -0.25) is 9.59 Å². The van der Waals surface area contributed by atoms with Gasteiger partial charge in [0, 0.05) is 31.1 Å². The molecule has 0 unspecified atom stereocenters. The molecule has 6 heteroatoms. The Morgan fingerprint density at radius 1 is 0.968 bits per heavy atom. The first kappa shape index (κ1) is 22.7. The van der Waals surface area contributed by atoms with Crippen LogP contribution < -0.4 is 14.8 Å². The van der Waals surface area contributed by atoms with E-state index in [1.807, 2.05) is 55.1 Å². The highest BCUT2D eigenvalue weighted by atomic mass is 16.5. The van der Waals surface area contributed by atoms with Gasteiger partial charge in [-0.2, -0.15) is 0 Å². The minimum atomic E-state index is 0.0288. The summed E-state index contributed by atoms with van der Waals surface area (Å²) < 4.78 is 11.1. The standard InChI is InChI=1S/C25H32N2O4/c1-3-30-22-12-8-20(9-13-22)25(29)27-16-14-21(15-17-27)26-24(28)5-4-18-31-23-10-6-19(2)7-11-23/h6-13,21H,3-5,14-18H2,1-2H3,(H,26,28). The molecular weight excluding hydrogens is 392 g/mol. The van der Waals surface area contributed by atoms with Crippen molar-refractivity contribution < 1.29 is 19.1 Å². The molecule has 2 aromatic carbocycles. The van der Waals surface area contributed by atoms with Crippen molar-refractivity contribution in [2.45, 2.75) is 45.6 Å². The Morgan fingerprint density at radius 3 is 2.23 bits per heavy atom.